The number of nitrogens with one attached hydrogen (secondary N) is 2. The van der Waals surface area contributed by atoms with Crippen LogP contribution in [0.3, 0.4) is 0 Å². The van der Waals surface area contributed by atoms with Crippen molar-refractivity contribution in [3.05, 3.63) is 75.2 Å². The zero-order valence-corrected chi connectivity index (χ0v) is 20.3. The number of fused-ring (bicyclic) bond motifs is 1. The van der Waals surface area contributed by atoms with Gasteiger partial charge in [0.1, 0.15) is 0 Å². The SMILES string of the molecule is CCOC(=O)C1=C(CSc2nc3ccccc3c(=O)n2-c2c(C)cccc2C)NC(=O)NC1C. The number of nitrogens with zero attached hydrogens (tertiary/aromatic N) is 2. The first-order valence-corrected chi connectivity index (χ1v) is 12.0. The Hall–Kier alpha value is -3.59. The van der Waals surface area contributed by atoms with Gasteiger partial charge >= 0.3 is 12.0 Å². The van der Waals surface area contributed by atoms with Crippen LogP contribution in [0, 0.1) is 13.8 Å². The minimum absolute atomic E-state index is 0.173. The van der Waals surface area contributed by atoms with Gasteiger partial charge in [-0.2, -0.15) is 0 Å². The van der Waals surface area contributed by atoms with Crippen LogP contribution in [-0.2, 0) is 9.53 Å². The molecule has 2 amide bonds. The Kier molecular flexibility index (Phi) is 6.74. The second kappa shape index (κ2) is 9.72. The third-order valence-electron chi connectivity index (χ3n) is 5.62. The van der Waals surface area contributed by atoms with Gasteiger partial charge in [-0.3, -0.25) is 9.36 Å². The van der Waals surface area contributed by atoms with E-state index in [4.69, 9.17) is 9.72 Å². The second-order valence-electron chi connectivity index (χ2n) is 8.01. The Labute approximate surface area is 201 Å². The quantitative estimate of drug-likeness (QED) is 0.319. The summed E-state index contributed by atoms with van der Waals surface area (Å²) in [5.41, 5.74) is 3.86. The minimum atomic E-state index is -0.506. The molecule has 2 heterocycles. The molecule has 1 aliphatic rings. The Morgan fingerprint density at radius 1 is 1.12 bits per heavy atom. The summed E-state index contributed by atoms with van der Waals surface area (Å²) in [5, 5.41) is 6.41. The number of amides is 2. The van der Waals surface area contributed by atoms with E-state index in [9.17, 15) is 14.4 Å². The van der Waals surface area contributed by atoms with E-state index in [-0.39, 0.29) is 17.9 Å². The van der Waals surface area contributed by atoms with Crippen molar-refractivity contribution in [3.8, 4) is 5.69 Å². The number of para-hydroxylation sites is 2. The fourth-order valence-corrected chi connectivity index (χ4v) is 5.06. The van der Waals surface area contributed by atoms with Crippen LogP contribution in [0.2, 0.25) is 0 Å². The van der Waals surface area contributed by atoms with Crippen molar-refractivity contribution in [2.45, 2.75) is 38.9 Å². The lowest BCUT2D eigenvalue weighted by Crippen LogP contribution is -2.49. The molecule has 0 radical (unpaired) electrons. The number of aryl methyl sites for hydroxylation is 2. The van der Waals surface area contributed by atoms with Gasteiger partial charge in [0.25, 0.3) is 5.56 Å². The van der Waals surface area contributed by atoms with Crippen LogP contribution in [-0.4, -0.2) is 40.0 Å². The highest BCUT2D eigenvalue weighted by Crippen LogP contribution is 2.28. The summed E-state index contributed by atoms with van der Waals surface area (Å²) in [6.45, 7) is 7.59. The molecule has 1 atom stereocenters. The summed E-state index contributed by atoms with van der Waals surface area (Å²) in [5.74, 6) is -0.265. The number of carbonyl (C=O) groups excluding carboxylic acids is 2. The molecule has 0 saturated carbocycles. The van der Waals surface area contributed by atoms with Crippen LogP contribution in [0.25, 0.3) is 16.6 Å². The number of hydrogen-bond donors (Lipinski definition) is 2. The summed E-state index contributed by atoms with van der Waals surface area (Å²) in [7, 11) is 0. The third-order valence-corrected chi connectivity index (χ3v) is 6.58. The van der Waals surface area contributed by atoms with Gasteiger partial charge in [0, 0.05) is 11.4 Å². The maximum absolute atomic E-state index is 13.6. The van der Waals surface area contributed by atoms with E-state index in [1.54, 1.807) is 30.5 Å². The highest BCUT2D eigenvalue weighted by Gasteiger charge is 2.30. The second-order valence-corrected chi connectivity index (χ2v) is 8.96. The monoisotopic (exact) mass is 478 g/mol. The molecule has 0 fully saturated rings. The molecule has 2 N–H and O–H groups in total. The number of hydrogen-bond acceptors (Lipinski definition) is 6. The van der Waals surface area contributed by atoms with Gasteiger partial charge in [-0.1, -0.05) is 42.1 Å². The Bertz CT molecular complexity index is 1360. The van der Waals surface area contributed by atoms with Gasteiger partial charge < -0.3 is 15.4 Å². The number of aromatic nitrogens is 2. The first-order valence-electron chi connectivity index (χ1n) is 11.0. The number of ether oxygens (including phenoxy) is 1. The number of esters is 1. The molecule has 9 heteroatoms. The lowest BCUT2D eigenvalue weighted by Gasteiger charge is -2.26. The van der Waals surface area contributed by atoms with E-state index < -0.39 is 18.0 Å². The predicted octanol–water partition coefficient (Wildman–Crippen LogP) is 3.61. The molecule has 0 bridgehead atoms. The van der Waals surface area contributed by atoms with Crippen LogP contribution in [0.1, 0.15) is 25.0 Å². The van der Waals surface area contributed by atoms with Gasteiger partial charge in [0.2, 0.25) is 0 Å². The summed E-state index contributed by atoms with van der Waals surface area (Å²) < 4.78 is 6.82. The Morgan fingerprint density at radius 2 is 1.82 bits per heavy atom. The molecule has 2 aromatic carbocycles. The highest BCUT2D eigenvalue weighted by atomic mass is 32.2. The number of benzene rings is 2. The van der Waals surface area contributed by atoms with Crippen molar-refractivity contribution in [2.75, 3.05) is 12.4 Å². The van der Waals surface area contributed by atoms with E-state index in [1.165, 1.54) is 11.8 Å². The molecule has 1 aliphatic heterocycles. The molecule has 176 valence electrons. The number of urea groups is 1. The molecule has 0 spiro atoms. The van der Waals surface area contributed by atoms with Crippen molar-refractivity contribution < 1.29 is 14.3 Å². The minimum Gasteiger partial charge on any atom is -0.463 e. The molecular formula is C25H26N4O4S. The van der Waals surface area contributed by atoms with Crippen molar-refractivity contribution in [3.63, 3.8) is 0 Å². The first-order chi connectivity index (χ1) is 16.3. The molecule has 0 saturated heterocycles. The molecule has 1 unspecified atom stereocenters. The topological polar surface area (TPSA) is 102 Å². The van der Waals surface area contributed by atoms with Crippen molar-refractivity contribution in [2.24, 2.45) is 0 Å². The van der Waals surface area contributed by atoms with Gasteiger partial charge in [-0.05, 0) is 51.0 Å². The van der Waals surface area contributed by atoms with E-state index in [0.717, 1.165) is 16.8 Å². The van der Waals surface area contributed by atoms with E-state index >= 15 is 0 Å². The summed E-state index contributed by atoms with van der Waals surface area (Å²) in [4.78, 5) is 43.1. The van der Waals surface area contributed by atoms with E-state index in [0.29, 0.717) is 27.3 Å². The average Bonchev–Trinajstić information content (AvgIpc) is 2.78. The zero-order chi connectivity index (χ0) is 24.4. The fraction of sp³-hybridized carbons (Fsp3) is 0.280. The molecule has 34 heavy (non-hydrogen) atoms. The average molecular weight is 479 g/mol. The van der Waals surface area contributed by atoms with Crippen molar-refractivity contribution in [1.29, 1.82) is 0 Å². The van der Waals surface area contributed by atoms with Crippen LogP contribution >= 0.6 is 11.8 Å². The molecule has 3 aromatic rings. The van der Waals surface area contributed by atoms with Crippen LogP contribution in [0.4, 0.5) is 4.79 Å². The van der Waals surface area contributed by atoms with Gasteiger partial charge in [-0.15, -0.1) is 0 Å². The molecule has 4 rings (SSSR count). The zero-order valence-electron chi connectivity index (χ0n) is 19.5. The highest BCUT2D eigenvalue weighted by molar-refractivity contribution is 7.99. The smallest absolute Gasteiger partial charge is 0.337 e. The summed E-state index contributed by atoms with van der Waals surface area (Å²) in [6, 6.07) is 12.2. The van der Waals surface area contributed by atoms with Gasteiger partial charge in [0.15, 0.2) is 5.16 Å². The normalized spacial score (nSPS) is 15.8. The Balaban J connectivity index is 1.85. The van der Waals surface area contributed by atoms with Crippen molar-refractivity contribution >= 4 is 34.7 Å². The number of thioether (sulfide) groups is 1. The number of rotatable bonds is 6. The summed E-state index contributed by atoms with van der Waals surface area (Å²) >= 11 is 1.28. The van der Waals surface area contributed by atoms with Gasteiger partial charge in [-0.25, -0.2) is 14.6 Å². The maximum Gasteiger partial charge on any atom is 0.337 e. The summed E-state index contributed by atoms with van der Waals surface area (Å²) in [6.07, 6.45) is 0. The molecule has 0 aliphatic carbocycles. The lowest BCUT2D eigenvalue weighted by molar-refractivity contribution is -0.138. The standard InChI is InChI=1S/C25H26N4O4S/c1-5-33-23(31)20-16(4)26-24(32)27-19(20)13-34-25-28-18-12-7-6-11-17(18)22(30)29(25)21-14(2)9-8-10-15(21)3/h6-12,16H,5,13H2,1-4H3,(H2,26,27,32). The van der Waals surface area contributed by atoms with Crippen molar-refractivity contribution in [1.82, 2.24) is 20.2 Å². The first kappa shape index (κ1) is 23.6. The Morgan fingerprint density at radius 3 is 2.53 bits per heavy atom. The predicted molar refractivity (Wildman–Crippen MR) is 132 cm³/mol. The molecule has 1 aromatic heterocycles. The third kappa shape index (κ3) is 4.43. The van der Waals surface area contributed by atoms with Gasteiger partial charge in [0.05, 0.1) is 34.8 Å². The maximum atomic E-state index is 13.6. The molecular weight excluding hydrogens is 452 g/mol. The molecule has 8 nitrogen and oxygen atoms in total. The van der Waals surface area contributed by atoms with E-state index in [1.807, 2.05) is 44.2 Å². The van der Waals surface area contributed by atoms with Crippen LogP contribution < -0.4 is 16.2 Å². The van der Waals surface area contributed by atoms with E-state index in [2.05, 4.69) is 10.6 Å². The fourth-order valence-electron chi connectivity index (χ4n) is 4.09. The largest absolute Gasteiger partial charge is 0.463 e. The van der Waals surface area contributed by atoms with Crippen LogP contribution in [0.5, 0.6) is 0 Å². The number of carbonyl (C=O) groups is 2. The lowest BCUT2D eigenvalue weighted by atomic mass is 10.1. The van der Waals surface area contributed by atoms with Crippen LogP contribution in [0.15, 0.2) is 63.7 Å².